The lowest BCUT2D eigenvalue weighted by atomic mass is 10.4. The SMILES string of the molecule is c1ncc2c(n1)[nH]c1ccsc12. The summed E-state index contributed by atoms with van der Waals surface area (Å²) in [4.78, 5) is 11.3. The third kappa shape index (κ3) is 0.648. The number of nitrogens with zero attached hydrogens (tertiary/aromatic N) is 2. The number of fused-ring (bicyclic) bond motifs is 3. The van der Waals surface area contributed by atoms with Gasteiger partial charge in [0.15, 0.2) is 0 Å². The lowest BCUT2D eigenvalue weighted by Crippen LogP contribution is -1.76. The monoisotopic (exact) mass is 175 g/mol. The highest BCUT2D eigenvalue weighted by Gasteiger charge is 2.04. The van der Waals surface area contributed by atoms with Crippen LogP contribution in [0.4, 0.5) is 0 Å². The molecule has 0 aliphatic carbocycles. The molecule has 0 fully saturated rings. The summed E-state index contributed by atoms with van der Waals surface area (Å²) in [7, 11) is 0. The van der Waals surface area contributed by atoms with Gasteiger partial charge < -0.3 is 4.98 Å². The van der Waals surface area contributed by atoms with Gasteiger partial charge in [0.1, 0.15) is 12.0 Å². The van der Waals surface area contributed by atoms with Crippen LogP contribution in [-0.2, 0) is 0 Å². The molecular formula is C8H5N3S. The fraction of sp³-hybridized carbons (Fsp3) is 0. The molecule has 0 unspecified atom stereocenters. The highest BCUT2D eigenvalue weighted by atomic mass is 32.1. The van der Waals surface area contributed by atoms with Crippen LogP contribution < -0.4 is 0 Å². The molecule has 1 N–H and O–H groups in total. The van der Waals surface area contributed by atoms with E-state index in [1.54, 1.807) is 17.7 Å². The number of hydrogen-bond acceptors (Lipinski definition) is 3. The number of aromatic nitrogens is 3. The van der Waals surface area contributed by atoms with Crippen molar-refractivity contribution in [2.24, 2.45) is 0 Å². The van der Waals surface area contributed by atoms with Crippen LogP contribution in [0.5, 0.6) is 0 Å². The van der Waals surface area contributed by atoms with E-state index < -0.39 is 0 Å². The van der Waals surface area contributed by atoms with Crippen molar-refractivity contribution >= 4 is 32.6 Å². The Balaban J connectivity index is 2.68. The maximum atomic E-state index is 4.13. The van der Waals surface area contributed by atoms with E-state index in [0.717, 1.165) is 16.6 Å². The van der Waals surface area contributed by atoms with E-state index in [2.05, 4.69) is 26.4 Å². The van der Waals surface area contributed by atoms with E-state index in [1.165, 1.54) is 4.70 Å². The van der Waals surface area contributed by atoms with Gasteiger partial charge in [-0.3, -0.25) is 0 Å². The molecule has 12 heavy (non-hydrogen) atoms. The topological polar surface area (TPSA) is 41.6 Å². The van der Waals surface area contributed by atoms with Crippen molar-refractivity contribution in [3.63, 3.8) is 0 Å². The maximum Gasteiger partial charge on any atom is 0.142 e. The smallest absolute Gasteiger partial charge is 0.142 e. The van der Waals surface area contributed by atoms with Gasteiger partial charge in [-0.2, -0.15) is 0 Å². The van der Waals surface area contributed by atoms with Gasteiger partial charge in [0.2, 0.25) is 0 Å². The minimum atomic E-state index is 0.923. The average Bonchev–Trinajstić information content (AvgIpc) is 2.62. The molecule has 3 heterocycles. The second kappa shape index (κ2) is 2.04. The predicted octanol–water partition coefficient (Wildman–Crippen LogP) is 2.17. The van der Waals surface area contributed by atoms with E-state index >= 15 is 0 Å². The standard InChI is InChI=1S/C8H5N3S/c1-2-12-7-5-3-9-4-10-8(5)11-6(1)7/h1-4H,(H,9,10,11). The normalized spacial score (nSPS) is 11.3. The van der Waals surface area contributed by atoms with Crippen molar-refractivity contribution in [3.05, 3.63) is 24.0 Å². The molecule has 0 saturated carbocycles. The Morgan fingerprint density at radius 3 is 3.42 bits per heavy atom. The molecule has 4 heteroatoms. The van der Waals surface area contributed by atoms with Crippen molar-refractivity contribution in [3.8, 4) is 0 Å². The van der Waals surface area contributed by atoms with E-state index in [1.807, 2.05) is 6.20 Å². The minimum absolute atomic E-state index is 0.923. The fourth-order valence-electron chi connectivity index (χ4n) is 1.34. The zero-order valence-electron chi connectivity index (χ0n) is 6.11. The summed E-state index contributed by atoms with van der Waals surface area (Å²) in [6.45, 7) is 0. The second-order valence-electron chi connectivity index (χ2n) is 2.57. The first-order chi connectivity index (χ1) is 5.95. The largest absolute Gasteiger partial charge is 0.338 e. The molecule has 0 spiro atoms. The van der Waals surface area contributed by atoms with Crippen molar-refractivity contribution in [1.82, 2.24) is 15.0 Å². The van der Waals surface area contributed by atoms with Gasteiger partial charge in [-0.05, 0) is 11.4 Å². The van der Waals surface area contributed by atoms with Gasteiger partial charge in [-0.25, -0.2) is 9.97 Å². The molecule has 3 aromatic rings. The zero-order valence-corrected chi connectivity index (χ0v) is 6.93. The van der Waals surface area contributed by atoms with Crippen LogP contribution in [-0.4, -0.2) is 15.0 Å². The summed E-state index contributed by atoms with van der Waals surface area (Å²) >= 11 is 1.71. The molecule has 0 radical (unpaired) electrons. The molecule has 3 rings (SSSR count). The fourth-order valence-corrected chi connectivity index (χ4v) is 2.20. The third-order valence-electron chi connectivity index (χ3n) is 1.88. The van der Waals surface area contributed by atoms with Crippen LogP contribution in [0.1, 0.15) is 0 Å². The van der Waals surface area contributed by atoms with Gasteiger partial charge in [0.25, 0.3) is 0 Å². The second-order valence-corrected chi connectivity index (χ2v) is 3.49. The maximum absolute atomic E-state index is 4.13. The molecule has 0 bridgehead atoms. The average molecular weight is 175 g/mol. The Hall–Kier alpha value is -1.42. The van der Waals surface area contributed by atoms with Gasteiger partial charge >= 0.3 is 0 Å². The first kappa shape index (κ1) is 6.14. The predicted molar refractivity (Wildman–Crippen MR) is 49.3 cm³/mol. The number of hydrogen-bond donors (Lipinski definition) is 1. The van der Waals surface area contributed by atoms with Crippen molar-refractivity contribution in [2.45, 2.75) is 0 Å². The number of aromatic amines is 1. The highest BCUT2D eigenvalue weighted by Crippen LogP contribution is 2.27. The first-order valence-corrected chi connectivity index (χ1v) is 4.48. The molecular weight excluding hydrogens is 170 g/mol. The van der Waals surface area contributed by atoms with Crippen LogP contribution in [0.2, 0.25) is 0 Å². The lowest BCUT2D eigenvalue weighted by molar-refractivity contribution is 1.21. The number of rotatable bonds is 0. The molecule has 0 aliphatic heterocycles. The molecule has 0 saturated heterocycles. The van der Waals surface area contributed by atoms with Crippen LogP contribution in [0.15, 0.2) is 24.0 Å². The molecule has 58 valence electrons. The van der Waals surface area contributed by atoms with Crippen molar-refractivity contribution in [1.29, 1.82) is 0 Å². The molecule has 0 aromatic carbocycles. The quantitative estimate of drug-likeness (QED) is 0.569. The van der Waals surface area contributed by atoms with Crippen molar-refractivity contribution in [2.75, 3.05) is 0 Å². The summed E-state index contributed by atoms with van der Waals surface area (Å²) in [5.74, 6) is 0. The Kier molecular flexibility index (Phi) is 1.04. The lowest BCUT2D eigenvalue weighted by Gasteiger charge is -1.83. The van der Waals surface area contributed by atoms with Gasteiger partial charge in [0.05, 0.1) is 15.6 Å². The van der Waals surface area contributed by atoms with E-state index in [0.29, 0.717) is 0 Å². The minimum Gasteiger partial charge on any atom is -0.338 e. The Morgan fingerprint density at radius 2 is 2.42 bits per heavy atom. The molecule has 0 aliphatic rings. The first-order valence-electron chi connectivity index (χ1n) is 3.60. The zero-order chi connectivity index (χ0) is 7.97. The summed E-state index contributed by atoms with van der Waals surface area (Å²) in [6, 6.07) is 2.06. The molecule has 3 nitrogen and oxygen atoms in total. The van der Waals surface area contributed by atoms with Gasteiger partial charge in [-0.1, -0.05) is 0 Å². The van der Waals surface area contributed by atoms with Crippen molar-refractivity contribution < 1.29 is 0 Å². The summed E-state index contributed by atoms with van der Waals surface area (Å²) < 4.78 is 1.24. The summed E-state index contributed by atoms with van der Waals surface area (Å²) in [5, 5.41) is 3.18. The van der Waals surface area contributed by atoms with E-state index in [4.69, 9.17) is 0 Å². The highest BCUT2D eigenvalue weighted by molar-refractivity contribution is 7.18. The Morgan fingerprint density at radius 1 is 1.42 bits per heavy atom. The number of H-pyrrole nitrogens is 1. The van der Waals surface area contributed by atoms with Gasteiger partial charge in [0, 0.05) is 6.20 Å². The molecule has 0 amide bonds. The summed E-state index contributed by atoms with van der Waals surface area (Å²) in [6.07, 6.45) is 3.40. The van der Waals surface area contributed by atoms with Crippen LogP contribution in [0, 0.1) is 0 Å². The number of nitrogens with one attached hydrogen (secondary N) is 1. The van der Waals surface area contributed by atoms with Crippen LogP contribution in [0.25, 0.3) is 21.3 Å². The van der Waals surface area contributed by atoms with E-state index in [-0.39, 0.29) is 0 Å². The van der Waals surface area contributed by atoms with Crippen LogP contribution in [0.3, 0.4) is 0 Å². The Bertz CT molecular complexity index is 536. The Labute approximate surface area is 72.1 Å². The van der Waals surface area contributed by atoms with E-state index in [9.17, 15) is 0 Å². The molecule has 0 atom stereocenters. The number of thiophene rings is 1. The third-order valence-corrected chi connectivity index (χ3v) is 2.82. The summed E-state index contributed by atoms with van der Waals surface area (Å²) in [5.41, 5.74) is 2.07. The molecule has 3 aromatic heterocycles. The van der Waals surface area contributed by atoms with Crippen LogP contribution >= 0.6 is 11.3 Å². The van der Waals surface area contributed by atoms with Gasteiger partial charge in [-0.15, -0.1) is 11.3 Å².